The van der Waals surface area contributed by atoms with Gasteiger partial charge in [0.05, 0.1) is 11.1 Å². The SMILES string of the molecule is CCN(CC)c1ccc(N2C(=O)C3CCC(C)(C2=O)C3(C)C)cc1. The second-order valence-corrected chi connectivity index (χ2v) is 7.81. The zero-order valence-electron chi connectivity index (χ0n) is 15.4. The smallest absolute Gasteiger partial charge is 0.240 e. The zero-order valence-corrected chi connectivity index (χ0v) is 15.4. The Hall–Kier alpha value is -1.84. The van der Waals surface area contributed by atoms with Gasteiger partial charge >= 0.3 is 0 Å². The summed E-state index contributed by atoms with van der Waals surface area (Å²) in [6.07, 6.45) is 1.60. The van der Waals surface area contributed by atoms with E-state index in [-0.39, 0.29) is 23.1 Å². The molecule has 1 aromatic carbocycles. The molecule has 0 aromatic heterocycles. The molecule has 0 radical (unpaired) electrons. The molecule has 1 aliphatic carbocycles. The number of piperidine rings is 1. The summed E-state index contributed by atoms with van der Waals surface area (Å²) in [4.78, 5) is 29.8. The van der Waals surface area contributed by atoms with Crippen LogP contribution in [0.2, 0.25) is 0 Å². The van der Waals surface area contributed by atoms with Crippen LogP contribution in [-0.4, -0.2) is 24.9 Å². The molecular weight excluding hydrogens is 300 g/mol. The van der Waals surface area contributed by atoms with Gasteiger partial charge in [-0.05, 0) is 56.4 Å². The first-order valence-electron chi connectivity index (χ1n) is 9.01. The van der Waals surface area contributed by atoms with Crippen LogP contribution in [0.1, 0.15) is 47.5 Å². The Bertz CT molecular complexity index is 661. The molecule has 1 saturated heterocycles. The minimum absolute atomic E-state index is 0.0319. The Labute approximate surface area is 144 Å². The lowest BCUT2D eigenvalue weighted by molar-refractivity contribution is -0.146. The third kappa shape index (κ3) is 2.11. The van der Waals surface area contributed by atoms with Crippen molar-refractivity contribution < 1.29 is 9.59 Å². The maximum Gasteiger partial charge on any atom is 0.240 e. The number of amides is 2. The van der Waals surface area contributed by atoms with E-state index in [2.05, 4.69) is 32.6 Å². The maximum atomic E-state index is 13.2. The summed E-state index contributed by atoms with van der Waals surface area (Å²) in [6, 6.07) is 7.83. The van der Waals surface area contributed by atoms with Crippen molar-refractivity contribution in [3.63, 3.8) is 0 Å². The molecule has 130 valence electrons. The van der Waals surface area contributed by atoms with Crippen molar-refractivity contribution in [2.24, 2.45) is 16.7 Å². The van der Waals surface area contributed by atoms with Crippen LogP contribution in [0.25, 0.3) is 0 Å². The van der Waals surface area contributed by atoms with E-state index in [1.54, 1.807) is 0 Å². The highest BCUT2D eigenvalue weighted by molar-refractivity contribution is 6.20. The second-order valence-electron chi connectivity index (χ2n) is 7.81. The number of benzene rings is 1. The molecule has 4 nitrogen and oxygen atoms in total. The number of hydrogen-bond acceptors (Lipinski definition) is 3. The Morgan fingerprint density at radius 1 is 1.08 bits per heavy atom. The van der Waals surface area contributed by atoms with Gasteiger partial charge in [-0.3, -0.25) is 9.59 Å². The monoisotopic (exact) mass is 328 g/mol. The highest BCUT2D eigenvalue weighted by Crippen LogP contribution is 2.60. The van der Waals surface area contributed by atoms with E-state index in [4.69, 9.17) is 0 Å². The molecule has 24 heavy (non-hydrogen) atoms. The van der Waals surface area contributed by atoms with Crippen LogP contribution in [0.3, 0.4) is 0 Å². The largest absolute Gasteiger partial charge is 0.372 e. The number of carbonyl (C=O) groups is 2. The molecule has 0 N–H and O–H groups in total. The van der Waals surface area contributed by atoms with Gasteiger partial charge in [0.25, 0.3) is 0 Å². The lowest BCUT2D eigenvalue weighted by Gasteiger charge is -2.47. The Kier molecular flexibility index (Phi) is 3.97. The Balaban J connectivity index is 1.96. The van der Waals surface area contributed by atoms with Crippen LogP contribution in [0.4, 0.5) is 11.4 Å². The minimum atomic E-state index is -0.455. The fraction of sp³-hybridized carbons (Fsp3) is 0.600. The number of nitrogens with zero attached hydrogens (tertiary/aromatic N) is 2. The van der Waals surface area contributed by atoms with Crippen molar-refractivity contribution in [2.75, 3.05) is 22.9 Å². The topological polar surface area (TPSA) is 40.6 Å². The summed E-state index contributed by atoms with van der Waals surface area (Å²) in [5.74, 6) is -0.139. The van der Waals surface area contributed by atoms with Crippen LogP contribution < -0.4 is 9.80 Å². The lowest BCUT2D eigenvalue weighted by Crippen LogP contribution is -2.59. The molecule has 2 unspecified atom stereocenters. The van der Waals surface area contributed by atoms with Gasteiger partial charge in [0.2, 0.25) is 11.8 Å². The van der Waals surface area contributed by atoms with Crippen molar-refractivity contribution in [3.8, 4) is 0 Å². The van der Waals surface area contributed by atoms with Crippen LogP contribution in [0.5, 0.6) is 0 Å². The van der Waals surface area contributed by atoms with Crippen molar-refractivity contribution in [2.45, 2.75) is 47.5 Å². The van der Waals surface area contributed by atoms with E-state index in [9.17, 15) is 9.59 Å². The van der Waals surface area contributed by atoms with Crippen LogP contribution >= 0.6 is 0 Å². The van der Waals surface area contributed by atoms with E-state index in [1.165, 1.54) is 4.90 Å². The first kappa shape index (κ1) is 17.0. The molecule has 0 spiro atoms. The van der Waals surface area contributed by atoms with E-state index in [1.807, 2.05) is 31.2 Å². The average Bonchev–Trinajstić information content (AvgIpc) is 2.74. The van der Waals surface area contributed by atoms with E-state index < -0.39 is 5.41 Å². The normalized spacial score (nSPS) is 28.4. The van der Waals surface area contributed by atoms with Gasteiger partial charge in [0.15, 0.2) is 0 Å². The van der Waals surface area contributed by atoms with Crippen LogP contribution in [0, 0.1) is 16.7 Å². The quantitative estimate of drug-likeness (QED) is 0.788. The summed E-state index contributed by atoms with van der Waals surface area (Å²) in [6.45, 7) is 12.3. The zero-order chi connectivity index (χ0) is 17.7. The van der Waals surface area contributed by atoms with Gasteiger partial charge in [0, 0.05) is 24.7 Å². The summed E-state index contributed by atoms with van der Waals surface area (Å²) in [5, 5.41) is 0. The first-order chi connectivity index (χ1) is 11.3. The van der Waals surface area contributed by atoms with E-state index in [0.717, 1.165) is 31.6 Å². The van der Waals surface area contributed by atoms with Gasteiger partial charge in [-0.25, -0.2) is 4.90 Å². The molecular formula is C20H28N2O2. The van der Waals surface area contributed by atoms with Crippen molar-refractivity contribution in [1.29, 1.82) is 0 Å². The Morgan fingerprint density at radius 2 is 1.67 bits per heavy atom. The van der Waals surface area contributed by atoms with Crippen molar-refractivity contribution in [3.05, 3.63) is 24.3 Å². The molecule has 1 saturated carbocycles. The van der Waals surface area contributed by atoms with Crippen molar-refractivity contribution >= 4 is 23.2 Å². The molecule has 2 aliphatic rings. The number of hydrogen-bond donors (Lipinski definition) is 0. The van der Waals surface area contributed by atoms with Gasteiger partial charge < -0.3 is 4.90 Å². The van der Waals surface area contributed by atoms with Gasteiger partial charge in [0.1, 0.15) is 0 Å². The molecule has 2 fully saturated rings. The summed E-state index contributed by atoms with van der Waals surface area (Å²) >= 11 is 0. The number of fused-ring (bicyclic) bond motifs is 2. The summed E-state index contributed by atoms with van der Waals surface area (Å²) in [7, 11) is 0. The highest BCUT2D eigenvalue weighted by Gasteiger charge is 2.64. The maximum absolute atomic E-state index is 13.2. The summed E-state index contributed by atoms with van der Waals surface area (Å²) < 4.78 is 0. The number of imide groups is 1. The van der Waals surface area contributed by atoms with Crippen molar-refractivity contribution in [1.82, 2.24) is 0 Å². The Morgan fingerprint density at radius 3 is 2.21 bits per heavy atom. The number of rotatable bonds is 4. The second kappa shape index (κ2) is 5.61. The van der Waals surface area contributed by atoms with E-state index >= 15 is 0 Å². The highest BCUT2D eigenvalue weighted by atomic mass is 16.2. The van der Waals surface area contributed by atoms with Gasteiger partial charge in [-0.1, -0.05) is 20.8 Å². The molecule has 1 heterocycles. The number of anilines is 2. The fourth-order valence-corrected chi connectivity index (χ4v) is 4.46. The molecule has 1 aliphatic heterocycles. The molecule has 1 aromatic rings. The van der Waals surface area contributed by atoms with Gasteiger partial charge in [-0.2, -0.15) is 0 Å². The minimum Gasteiger partial charge on any atom is -0.372 e. The standard InChI is InChI=1S/C20H28N2O2/c1-6-21(7-2)14-8-10-15(11-9-14)22-17(23)16-12-13-20(5,18(22)24)19(16,3)4/h8-11,16H,6-7,12-13H2,1-5H3. The van der Waals surface area contributed by atoms with Gasteiger partial charge in [-0.15, -0.1) is 0 Å². The lowest BCUT2D eigenvalue weighted by atomic mass is 9.62. The summed E-state index contributed by atoms with van der Waals surface area (Å²) in [5.41, 5.74) is 1.10. The molecule has 4 heteroatoms. The van der Waals surface area contributed by atoms with Crippen LogP contribution in [-0.2, 0) is 9.59 Å². The molecule has 2 atom stereocenters. The van der Waals surface area contributed by atoms with E-state index in [0.29, 0.717) is 5.69 Å². The fourth-order valence-electron chi connectivity index (χ4n) is 4.46. The predicted octanol–water partition coefficient (Wildman–Crippen LogP) is 3.85. The predicted molar refractivity (Wildman–Crippen MR) is 97.1 cm³/mol. The first-order valence-corrected chi connectivity index (χ1v) is 9.01. The number of carbonyl (C=O) groups excluding carboxylic acids is 2. The molecule has 2 bridgehead atoms. The third-order valence-electron chi connectivity index (χ3n) is 6.66. The van der Waals surface area contributed by atoms with Crippen LogP contribution in [0.15, 0.2) is 24.3 Å². The third-order valence-corrected chi connectivity index (χ3v) is 6.66. The molecule has 2 amide bonds. The average molecular weight is 328 g/mol. The molecule has 3 rings (SSSR count).